The lowest BCUT2D eigenvalue weighted by molar-refractivity contribution is -0.124. The van der Waals surface area contributed by atoms with Crippen LogP contribution in [0.15, 0.2) is 77.2 Å². The fraction of sp³-hybridized carbons (Fsp3) is 0.462. The molecule has 21 heteroatoms. The highest BCUT2D eigenvalue weighted by Crippen LogP contribution is 2.41. The number of hydrogen-bond acceptors (Lipinski definition) is 18. The number of nitrogens with two attached hydrogens (primary N) is 1. The Balaban J connectivity index is 1.28. The summed E-state index contributed by atoms with van der Waals surface area (Å²) in [7, 11) is 7.21. The maximum Gasteiger partial charge on any atom is 0.415 e. The number of benzene rings is 2. The standard InChI is InChI=1S/C52H68N6O15/c1-28-20-34-44(38(60)26-36(47(34)63)56-50(64)29(2)10-12-37(59)48(73-51(54)65)31(4)22-30(3)45(61)41(21-28)68-6)55-14-15-57-16-18-58(19-17-57)52(66)72-40-23-32(11-13-39(40)67-5)35(27-53)46(62)33-24-42(69-7)49(71-9)43(25-33)70-8/h10-13,22-30,37,41,45,48,53,55,59,61-62H,14-21H2,1-9H3,(H2,54,65)(H,56,64)/b12-10-,31-22+,46-35+,53-27?/t28-,29?,30+,37?,41+,45?,48?/m1/s1. The minimum atomic E-state index is -1.43. The average Bonchev–Trinajstić information content (AvgIpc) is 3.37. The van der Waals surface area contributed by atoms with E-state index in [0.717, 1.165) is 12.3 Å². The quantitative estimate of drug-likeness (QED) is 0.0456. The van der Waals surface area contributed by atoms with Crippen molar-refractivity contribution in [2.45, 2.75) is 65.0 Å². The lowest BCUT2D eigenvalue weighted by Gasteiger charge is -2.34. The number of fused-ring (bicyclic) bond motifs is 2. The third-order valence-electron chi connectivity index (χ3n) is 12.9. The van der Waals surface area contributed by atoms with E-state index in [2.05, 4.69) is 15.5 Å². The molecule has 8 N–H and O–H groups in total. The maximum absolute atomic E-state index is 14.2. The van der Waals surface area contributed by atoms with Crippen molar-refractivity contribution in [2.24, 2.45) is 23.5 Å². The van der Waals surface area contributed by atoms with Crippen molar-refractivity contribution < 1.29 is 72.5 Å². The van der Waals surface area contributed by atoms with Crippen LogP contribution in [-0.2, 0) is 23.9 Å². The summed E-state index contributed by atoms with van der Waals surface area (Å²) in [5, 5.41) is 47.8. The second-order valence-corrected chi connectivity index (χ2v) is 18.0. The van der Waals surface area contributed by atoms with Gasteiger partial charge in [0.1, 0.15) is 11.9 Å². The van der Waals surface area contributed by atoms with Gasteiger partial charge in [-0.3, -0.25) is 19.3 Å². The largest absolute Gasteiger partial charge is 0.507 e. The zero-order valence-corrected chi connectivity index (χ0v) is 42.7. The minimum Gasteiger partial charge on any atom is -0.507 e. The summed E-state index contributed by atoms with van der Waals surface area (Å²) in [6, 6.07) is 7.74. The SMILES string of the molecule is COc1ccc(/C(C=N)=C(/O)c2cc(OC)c(OC)c(OC)c2)cc1OC(=O)N1CCN(CCNC2=C3C[C@@H](C)C[C@H](OC)C(O)[C@@H](C)/C=C(\C)C(OC(N)=O)C(O)/C=C\C(C)C(=O)NC(=CC2=O)C3=O)CC1. The predicted octanol–water partition coefficient (Wildman–Crippen LogP) is 4.31. The van der Waals surface area contributed by atoms with E-state index >= 15 is 0 Å². The van der Waals surface area contributed by atoms with Crippen LogP contribution in [0, 0.1) is 23.2 Å². The first-order valence-corrected chi connectivity index (χ1v) is 23.7. The molecule has 4 unspecified atom stereocenters. The van der Waals surface area contributed by atoms with E-state index < -0.39 is 65.9 Å². The van der Waals surface area contributed by atoms with E-state index in [1.165, 1.54) is 77.7 Å². The predicted molar refractivity (Wildman–Crippen MR) is 270 cm³/mol. The Morgan fingerprint density at radius 1 is 0.890 bits per heavy atom. The van der Waals surface area contributed by atoms with Crippen molar-refractivity contribution in [1.29, 1.82) is 5.41 Å². The zero-order chi connectivity index (χ0) is 53.7. The van der Waals surface area contributed by atoms with Gasteiger partial charge < -0.3 is 75.2 Å². The number of aliphatic hydroxyl groups is 3. The van der Waals surface area contributed by atoms with Gasteiger partial charge in [-0.1, -0.05) is 45.1 Å². The fourth-order valence-electron chi connectivity index (χ4n) is 8.84. The second kappa shape index (κ2) is 26.0. The monoisotopic (exact) mass is 1020 g/mol. The third kappa shape index (κ3) is 14.1. The number of nitrogens with zero attached hydrogens (tertiary/aromatic N) is 2. The highest BCUT2D eigenvalue weighted by molar-refractivity contribution is 6.23. The summed E-state index contributed by atoms with van der Waals surface area (Å²) in [6.45, 7) is 8.87. The Bertz CT molecular complexity index is 2520. The summed E-state index contributed by atoms with van der Waals surface area (Å²) in [5.74, 6) is -2.59. The molecule has 2 aliphatic heterocycles. The molecule has 0 saturated carbocycles. The van der Waals surface area contributed by atoms with Crippen LogP contribution in [0.25, 0.3) is 11.3 Å². The van der Waals surface area contributed by atoms with Gasteiger partial charge in [0.2, 0.25) is 23.2 Å². The number of aliphatic hydroxyl groups excluding tert-OH is 3. The number of primary amides is 1. The van der Waals surface area contributed by atoms with Gasteiger partial charge in [0.15, 0.2) is 29.1 Å². The van der Waals surface area contributed by atoms with Gasteiger partial charge >= 0.3 is 12.2 Å². The molecule has 7 atom stereocenters. The van der Waals surface area contributed by atoms with Crippen molar-refractivity contribution in [3.8, 4) is 28.7 Å². The van der Waals surface area contributed by atoms with Crippen molar-refractivity contribution in [3.05, 3.63) is 88.3 Å². The van der Waals surface area contributed by atoms with Gasteiger partial charge in [0.05, 0.1) is 58.0 Å². The molecule has 73 heavy (non-hydrogen) atoms. The first-order valence-electron chi connectivity index (χ1n) is 23.7. The first-order chi connectivity index (χ1) is 34.8. The Labute approximate surface area is 424 Å². The summed E-state index contributed by atoms with van der Waals surface area (Å²) < 4.78 is 38.5. The Hall–Kier alpha value is -7.20. The Morgan fingerprint density at radius 3 is 2.12 bits per heavy atom. The number of allylic oxidation sites excluding steroid dienone is 3. The molecule has 1 aliphatic carbocycles. The molecule has 0 radical (unpaired) electrons. The van der Waals surface area contributed by atoms with Crippen LogP contribution >= 0.6 is 0 Å². The second-order valence-electron chi connectivity index (χ2n) is 18.0. The molecule has 2 aromatic carbocycles. The molecule has 396 valence electrons. The molecule has 1 saturated heterocycles. The number of nitrogens with one attached hydrogen (secondary N) is 3. The van der Waals surface area contributed by atoms with E-state index in [4.69, 9.17) is 44.3 Å². The number of rotatable bonds is 14. The number of Topliss-reactive ketones (excluding diaryl/α,β-unsaturated/α-hetero) is 1. The van der Waals surface area contributed by atoms with Gasteiger partial charge in [0, 0.05) is 81.3 Å². The van der Waals surface area contributed by atoms with E-state index in [1.807, 2.05) is 6.92 Å². The van der Waals surface area contributed by atoms with Gasteiger partial charge in [0.25, 0.3) is 0 Å². The van der Waals surface area contributed by atoms with Crippen molar-refractivity contribution in [2.75, 3.05) is 74.8 Å². The number of hydrogen-bond donors (Lipinski definition) is 7. The number of amides is 3. The van der Waals surface area contributed by atoms with Gasteiger partial charge in [-0.25, -0.2) is 9.59 Å². The van der Waals surface area contributed by atoms with Crippen LogP contribution in [0.2, 0.25) is 0 Å². The topological polar surface area (TPSA) is 291 Å². The van der Waals surface area contributed by atoms with Crippen LogP contribution in [0.4, 0.5) is 9.59 Å². The number of ketones is 2. The smallest absolute Gasteiger partial charge is 0.415 e. The maximum atomic E-state index is 14.2. The number of methoxy groups -OCH3 is 5. The summed E-state index contributed by atoms with van der Waals surface area (Å²) in [6.07, 6.45) is 0.419. The fourth-order valence-corrected chi connectivity index (χ4v) is 8.84. The lowest BCUT2D eigenvalue weighted by Crippen LogP contribution is -2.51. The molecule has 2 heterocycles. The molecule has 3 aliphatic rings. The molecule has 2 bridgehead atoms. The van der Waals surface area contributed by atoms with Gasteiger partial charge in [-0.2, -0.15) is 0 Å². The summed E-state index contributed by atoms with van der Waals surface area (Å²) in [5.41, 5.74) is 6.46. The summed E-state index contributed by atoms with van der Waals surface area (Å²) >= 11 is 0. The van der Waals surface area contributed by atoms with Crippen molar-refractivity contribution in [1.82, 2.24) is 20.4 Å². The number of piperazine rings is 1. The molecule has 0 aromatic heterocycles. The van der Waals surface area contributed by atoms with Crippen molar-refractivity contribution in [3.63, 3.8) is 0 Å². The van der Waals surface area contributed by atoms with E-state index in [9.17, 15) is 39.3 Å². The molecule has 3 amide bonds. The molecular formula is C52H68N6O15. The van der Waals surface area contributed by atoms with Crippen LogP contribution in [0.3, 0.4) is 0 Å². The van der Waals surface area contributed by atoms with Gasteiger partial charge in [-0.15, -0.1) is 0 Å². The summed E-state index contributed by atoms with van der Waals surface area (Å²) in [4.78, 5) is 70.4. The van der Waals surface area contributed by atoms with E-state index in [-0.39, 0.29) is 83.8 Å². The van der Waals surface area contributed by atoms with Crippen LogP contribution in [0.5, 0.6) is 28.7 Å². The normalized spacial score (nSPS) is 25.1. The lowest BCUT2D eigenvalue weighted by atomic mass is 9.85. The van der Waals surface area contributed by atoms with E-state index in [1.54, 1.807) is 32.1 Å². The third-order valence-corrected chi connectivity index (χ3v) is 12.9. The highest BCUT2D eigenvalue weighted by atomic mass is 16.6. The molecule has 21 nitrogen and oxygen atoms in total. The molecule has 1 fully saturated rings. The number of carbonyl (C=O) groups excluding carboxylic acids is 5. The zero-order valence-electron chi connectivity index (χ0n) is 42.7. The number of ether oxygens (including phenoxy) is 7. The van der Waals surface area contributed by atoms with Gasteiger partial charge in [-0.05, 0) is 61.1 Å². The minimum absolute atomic E-state index is 0.0596. The Morgan fingerprint density at radius 2 is 1.53 bits per heavy atom. The first kappa shape index (κ1) is 56.7. The van der Waals surface area contributed by atoms with Crippen LogP contribution in [-0.4, -0.2) is 160 Å². The Kier molecular flexibility index (Phi) is 20.2. The van der Waals surface area contributed by atoms with Crippen molar-refractivity contribution >= 4 is 47.2 Å². The molecule has 5 rings (SSSR count). The molecule has 2 aromatic rings. The molecular weight excluding hydrogens is 949 g/mol. The van der Waals surface area contributed by atoms with E-state index in [0.29, 0.717) is 48.0 Å². The number of carbonyl (C=O) groups is 5. The van der Waals surface area contributed by atoms with Crippen LogP contribution in [0.1, 0.15) is 51.7 Å². The molecule has 0 spiro atoms. The average molecular weight is 1020 g/mol. The van der Waals surface area contributed by atoms with Crippen LogP contribution < -0.4 is 40.1 Å². The highest BCUT2D eigenvalue weighted by Gasteiger charge is 2.34.